The molecule has 1 N–H and O–H groups in total. The van der Waals surface area contributed by atoms with E-state index in [2.05, 4.69) is 31.2 Å². The number of furan rings is 1. The molecule has 0 atom stereocenters. The van der Waals surface area contributed by atoms with Gasteiger partial charge in [0.2, 0.25) is 0 Å². The highest BCUT2D eigenvalue weighted by Gasteiger charge is 2.17. The highest BCUT2D eigenvalue weighted by atomic mass is 35.5. The maximum absolute atomic E-state index is 13.9. The quantitative estimate of drug-likeness (QED) is 0.329. The number of anilines is 1. The number of amides is 1. The fourth-order valence-electron chi connectivity index (χ4n) is 3.32. The Balaban J connectivity index is 1.35. The van der Waals surface area contributed by atoms with Crippen LogP contribution in [0.1, 0.15) is 48.2 Å². The third-order valence-electron chi connectivity index (χ3n) is 5.23. The first-order chi connectivity index (χ1) is 16.2. The van der Waals surface area contributed by atoms with Crippen LogP contribution in [0.15, 0.2) is 71.3 Å². The fourth-order valence-corrected chi connectivity index (χ4v) is 3.51. The van der Waals surface area contributed by atoms with Crippen molar-refractivity contribution in [3.8, 4) is 5.75 Å². The first-order valence-electron chi connectivity index (χ1n) is 10.8. The molecule has 0 aliphatic rings. The van der Waals surface area contributed by atoms with Crippen molar-refractivity contribution in [1.82, 2.24) is 9.78 Å². The minimum absolute atomic E-state index is 0.0677. The van der Waals surface area contributed by atoms with Crippen molar-refractivity contribution in [2.45, 2.75) is 39.3 Å². The smallest absolute Gasteiger partial charge is 0.292 e. The highest BCUT2D eigenvalue weighted by Crippen LogP contribution is 2.25. The monoisotopic (exact) mass is 481 g/mol. The molecule has 8 heteroatoms. The number of aromatic nitrogens is 2. The van der Waals surface area contributed by atoms with Gasteiger partial charge in [0.25, 0.3) is 5.91 Å². The number of halogens is 2. The molecule has 4 aromatic rings. The van der Waals surface area contributed by atoms with E-state index in [4.69, 9.17) is 20.8 Å². The van der Waals surface area contributed by atoms with Crippen LogP contribution in [-0.2, 0) is 18.6 Å². The lowest BCUT2D eigenvalue weighted by Gasteiger charge is -2.19. The van der Waals surface area contributed by atoms with Gasteiger partial charge in [0.1, 0.15) is 29.0 Å². The number of hydrogen-bond acceptors (Lipinski definition) is 4. The third-order valence-corrected chi connectivity index (χ3v) is 5.50. The summed E-state index contributed by atoms with van der Waals surface area (Å²) in [5.74, 6) is 0.635. The molecule has 0 spiro atoms. The number of carbonyl (C=O) groups is 1. The molecular weight excluding hydrogens is 457 g/mol. The Bertz CT molecular complexity index is 1290. The molecule has 2 heterocycles. The van der Waals surface area contributed by atoms with Crippen LogP contribution in [0.3, 0.4) is 0 Å². The summed E-state index contributed by atoms with van der Waals surface area (Å²) >= 11 is 6.20. The molecule has 0 saturated heterocycles. The number of rotatable bonds is 7. The van der Waals surface area contributed by atoms with Crippen LogP contribution in [0.2, 0.25) is 5.02 Å². The first kappa shape index (κ1) is 23.6. The number of nitrogens with zero attached hydrogens (tertiary/aromatic N) is 2. The third kappa shape index (κ3) is 5.66. The largest absolute Gasteiger partial charge is 0.486 e. The summed E-state index contributed by atoms with van der Waals surface area (Å²) < 4.78 is 26.7. The molecule has 0 radical (unpaired) electrons. The van der Waals surface area contributed by atoms with Gasteiger partial charge in [-0.05, 0) is 41.3 Å². The van der Waals surface area contributed by atoms with Crippen molar-refractivity contribution in [2.24, 2.45) is 0 Å². The molecule has 0 saturated carbocycles. The first-order valence-corrected chi connectivity index (χ1v) is 11.2. The Morgan fingerprint density at radius 3 is 2.56 bits per heavy atom. The van der Waals surface area contributed by atoms with Gasteiger partial charge in [0, 0.05) is 11.8 Å². The normalized spacial score (nSPS) is 11.4. The van der Waals surface area contributed by atoms with Crippen molar-refractivity contribution in [2.75, 3.05) is 5.32 Å². The van der Waals surface area contributed by atoms with Gasteiger partial charge in [-0.15, -0.1) is 0 Å². The van der Waals surface area contributed by atoms with Gasteiger partial charge in [-0.2, -0.15) is 5.10 Å². The van der Waals surface area contributed by atoms with E-state index >= 15 is 0 Å². The summed E-state index contributed by atoms with van der Waals surface area (Å²) in [7, 11) is 0. The number of ether oxygens (including phenoxy) is 1. The van der Waals surface area contributed by atoms with Crippen molar-refractivity contribution >= 4 is 23.3 Å². The van der Waals surface area contributed by atoms with Gasteiger partial charge < -0.3 is 14.5 Å². The van der Waals surface area contributed by atoms with Crippen LogP contribution >= 0.6 is 11.6 Å². The number of hydrogen-bond donors (Lipinski definition) is 1. The summed E-state index contributed by atoms with van der Waals surface area (Å²) in [6.07, 6.45) is 1.52. The van der Waals surface area contributed by atoms with Crippen molar-refractivity contribution in [3.63, 3.8) is 0 Å². The second kappa shape index (κ2) is 9.73. The molecule has 0 fully saturated rings. The average Bonchev–Trinajstić information content (AvgIpc) is 3.40. The zero-order valence-electron chi connectivity index (χ0n) is 19.1. The van der Waals surface area contributed by atoms with E-state index in [9.17, 15) is 9.18 Å². The Morgan fingerprint density at radius 1 is 1.12 bits per heavy atom. The maximum Gasteiger partial charge on any atom is 0.292 e. The van der Waals surface area contributed by atoms with Crippen molar-refractivity contribution in [1.29, 1.82) is 0 Å². The zero-order chi connectivity index (χ0) is 24.3. The lowest BCUT2D eigenvalue weighted by atomic mass is 9.87. The summed E-state index contributed by atoms with van der Waals surface area (Å²) in [5, 5.41) is 7.10. The highest BCUT2D eigenvalue weighted by molar-refractivity contribution is 6.33. The summed E-state index contributed by atoms with van der Waals surface area (Å²) in [6.45, 7) is 6.82. The molecular formula is C26H25ClFN3O3. The minimum Gasteiger partial charge on any atom is -0.486 e. The van der Waals surface area contributed by atoms with Crippen LogP contribution in [0, 0.1) is 5.82 Å². The van der Waals surface area contributed by atoms with E-state index in [1.165, 1.54) is 22.5 Å². The predicted molar refractivity (Wildman–Crippen MR) is 129 cm³/mol. The van der Waals surface area contributed by atoms with Gasteiger partial charge in [0.05, 0.1) is 6.54 Å². The zero-order valence-corrected chi connectivity index (χ0v) is 19.9. The molecule has 34 heavy (non-hydrogen) atoms. The number of benzene rings is 2. The van der Waals surface area contributed by atoms with E-state index in [0.29, 0.717) is 17.1 Å². The van der Waals surface area contributed by atoms with Gasteiger partial charge in [-0.3, -0.25) is 9.48 Å². The van der Waals surface area contributed by atoms with Crippen LogP contribution in [0.25, 0.3) is 0 Å². The molecule has 0 aliphatic carbocycles. The molecule has 2 aromatic carbocycles. The number of carbonyl (C=O) groups excluding carboxylic acids is 1. The molecule has 2 aromatic heterocycles. The second-order valence-corrected chi connectivity index (χ2v) is 9.30. The standard InChI is InChI=1S/C26H25ClFN3O3/c1-26(2,3)18-8-10-19(11-9-18)33-16-20-12-13-23(34-20)25(32)29-24-21(27)15-31(30-24)14-17-6-4-5-7-22(17)28/h4-13,15H,14,16H2,1-3H3,(H,29,30,32). The van der Waals surface area contributed by atoms with Crippen LogP contribution in [-0.4, -0.2) is 15.7 Å². The Labute approximate surface area is 202 Å². The van der Waals surface area contributed by atoms with Crippen LogP contribution in [0.5, 0.6) is 5.75 Å². The van der Waals surface area contributed by atoms with E-state index in [-0.39, 0.29) is 41.0 Å². The topological polar surface area (TPSA) is 69.3 Å². The van der Waals surface area contributed by atoms with Crippen LogP contribution < -0.4 is 10.1 Å². The van der Waals surface area contributed by atoms with Gasteiger partial charge in [0.15, 0.2) is 11.6 Å². The van der Waals surface area contributed by atoms with Crippen molar-refractivity contribution < 1.29 is 18.3 Å². The molecule has 6 nitrogen and oxygen atoms in total. The molecule has 0 aliphatic heterocycles. The van der Waals surface area contributed by atoms with E-state index in [1.807, 2.05) is 24.3 Å². The molecule has 0 unspecified atom stereocenters. The Hall–Kier alpha value is -3.58. The SMILES string of the molecule is CC(C)(C)c1ccc(OCc2ccc(C(=O)Nc3nn(Cc4ccccc4F)cc3Cl)o2)cc1. The molecule has 1 amide bonds. The summed E-state index contributed by atoms with van der Waals surface area (Å²) in [4.78, 5) is 12.6. The van der Waals surface area contributed by atoms with E-state index < -0.39 is 5.91 Å². The van der Waals surface area contributed by atoms with E-state index in [1.54, 1.807) is 30.3 Å². The van der Waals surface area contributed by atoms with Crippen LogP contribution in [0.4, 0.5) is 10.2 Å². The lowest BCUT2D eigenvalue weighted by Crippen LogP contribution is -2.12. The number of nitrogens with one attached hydrogen (secondary N) is 1. The summed E-state index contributed by atoms with van der Waals surface area (Å²) in [5.41, 5.74) is 1.74. The van der Waals surface area contributed by atoms with E-state index in [0.717, 1.165) is 0 Å². The molecule has 0 bridgehead atoms. The maximum atomic E-state index is 13.9. The van der Waals surface area contributed by atoms with Crippen molar-refractivity contribution in [3.05, 3.63) is 100 Å². The Morgan fingerprint density at radius 2 is 1.85 bits per heavy atom. The average molecular weight is 482 g/mol. The summed E-state index contributed by atoms with van der Waals surface area (Å²) in [6, 6.07) is 17.5. The lowest BCUT2D eigenvalue weighted by molar-refractivity contribution is 0.0992. The van der Waals surface area contributed by atoms with Gasteiger partial charge in [-0.1, -0.05) is 62.7 Å². The molecule has 4 rings (SSSR count). The van der Waals surface area contributed by atoms with Gasteiger partial charge in [-0.25, -0.2) is 4.39 Å². The predicted octanol–water partition coefficient (Wildman–Crippen LogP) is 6.45. The minimum atomic E-state index is -0.501. The molecule has 176 valence electrons. The second-order valence-electron chi connectivity index (χ2n) is 8.90. The van der Waals surface area contributed by atoms with Gasteiger partial charge >= 0.3 is 0 Å². The Kier molecular flexibility index (Phi) is 6.75. The fraction of sp³-hybridized carbons (Fsp3) is 0.231.